The quantitative estimate of drug-likeness (QED) is 0.769. The normalized spacial score (nSPS) is 19.2. The van der Waals surface area contributed by atoms with Crippen molar-refractivity contribution in [2.24, 2.45) is 0 Å². The first-order valence-electron chi connectivity index (χ1n) is 9.48. The number of anilines is 1. The van der Waals surface area contributed by atoms with E-state index in [-0.39, 0.29) is 30.7 Å². The Morgan fingerprint density at radius 2 is 1.85 bits per heavy atom. The van der Waals surface area contributed by atoms with E-state index in [4.69, 9.17) is 4.74 Å². The van der Waals surface area contributed by atoms with Gasteiger partial charge in [0.15, 0.2) is 0 Å². The number of hydrogen-bond acceptors (Lipinski definition) is 5. The lowest BCUT2D eigenvalue weighted by molar-refractivity contribution is -0.146. The fourth-order valence-electron chi connectivity index (χ4n) is 3.71. The van der Waals surface area contributed by atoms with Gasteiger partial charge in [-0.25, -0.2) is 4.98 Å². The summed E-state index contributed by atoms with van der Waals surface area (Å²) in [5.41, 5.74) is 0.331. The fraction of sp³-hybridized carbons (Fsp3) is 0.684. The number of carbonyl (C=O) groups excluding carboxylic acids is 1. The number of rotatable bonds is 5. The van der Waals surface area contributed by atoms with Crippen LogP contribution in [0.3, 0.4) is 0 Å². The van der Waals surface area contributed by atoms with Crippen LogP contribution in [0, 0.1) is 0 Å². The predicted octanol–water partition coefficient (Wildman–Crippen LogP) is 2.69. The Kier molecular flexibility index (Phi) is 10.4. The first-order valence-corrected chi connectivity index (χ1v) is 9.48. The molecule has 3 heterocycles. The number of hydrogen-bond donors (Lipinski definition) is 2. The second-order valence-electron chi connectivity index (χ2n) is 7.06. The van der Waals surface area contributed by atoms with E-state index in [0.717, 1.165) is 37.6 Å². The summed E-state index contributed by atoms with van der Waals surface area (Å²) < 4.78 is 5.56. The number of halogens is 2. The number of aromatic nitrogens is 1. The summed E-state index contributed by atoms with van der Waals surface area (Å²) in [7, 11) is 1.63. The van der Waals surface area contributed by atoms with Crippen LogP contribution >= 0.6 is 24.8 Å². The Morgan fingerprint density at radius 1 is 1.19 bits per heavy atom. The molecule has 3 rings (SSSR count). The lowest BCUT2D eigenvalue weighted by Gasteiger charge is -2.34. The molecule has 2 fully saturated rings. The van der Waals surface area contributed by atoms with E-state index in [1.54, 1.807) is 7.11 Å². The zero-order valence-corrected chi connectivity index (χ0v) is 17.7. The summed E-state index contributed by atoms with van der Waals surface area (Å²) in [6.07, 6.45) is 8.42. The van der Waals surface area contributed by atoms with Crippen LogP contribution in [0.25, 0.3) is 0 Å². The molecule has 1 aromatic rings. The lowest BCUT2D eigenvalue weighted by atomic mass is 9.91. The monoisotopic (exact) mass is 418 g/mol. The Balaban J connectivity index is 0.00000182. The van der Waals surface area contributed by atoms with Gasteiger partial charge in [0.05, 0.1) is 0 Å². The highest BCUT2D eigenvalue weighted by atomic mass is 35.5. The molecule has 0 aliphatic carbocycles. The van der Waals surface area contributed by atoms with Gasteiger partial charge >= 0.3 is 0 Å². The second kappa shape index (κ2) is 11.7. The number of piperidine rings is 1. The predicted molar refractivity (Wildman–Crippen MR) is 113 cm³/mol. The highest BCUT2D eigenvalue weighted by Crippen LogP contribution is 2.23. The van der Waals surface area contributed by atoms with Crippen LogP contribution in [-0.2, 0) is 16.1 Å². The zero-order valence-electron chi connectivity index (χ0n) is 16.0. The van der Waals surface area contributed by atoms with Crippen LogP contribution in [0.15, 0.2) is 18.3 Å². The molecular formula is C19H32Cl2N4O2. The van der Waals surface area contributed by atoms with Gasteiger partial charge in [0.2, 0.25) is 0 Å². The minimum Gasteiger partial charge on any atom is -0.368 e. The van der Waals surface area contributed by atoms with Gasteiger partial charge in [-0.1, -0.05) is 18.9 Å². The molecule has 2 aliphatic rings. The SMILES string of the molecule is COC1(C(=O)NCc2ccc(N3CCCCCC3)nc2)CCNCC1.Cl.Cl. The fourth-order valence-corrected chi connectivity index (χ4v) is 3.71. The maximum absolute atomic E-state index is 12.6. The molecule has 0 saturated carbocycles. The molecule has 0 aromatic carbocycles. The highest BCUT2D eigenvalue weighted by molar-refractivity contribution is 5.86. The number of nitrogens with one attached hydrogen (secondary N) is 2. The Bertz CT molecular complexity index is 557. The van der Waals surface area contributed by atoms with Crippen molar-refractivity contribution >= 4 is 36.5 Å². The number of pyridine rings is 1. The topological polar surface area (TPSA) is 66.5 Å². The molecule has 1 amide bonds. The van der Waals surface area contributed by atoms with Crippen molar-refractivity contribution in [1.82, 2.24) is 15.6 Å². The van der Waals surface area contributed by atoms with E-state index < -0.39 is 5.60 Å². The Labute approximate surface area is 174 Å². The number of methoxy groups -OCH3 is 1. The summed E-state index contributed by atoms with van der Waals surface area (Å²) in [5, 5.41) is 6.29. The molecule has 154 valence electrons. The molecule has 2 aliphatic heterocycles. The largest absolute Gasteiger partial charge is 0.368 e. The smallest absolute Gasteiger partial charge is 0.252 e. The zero-order chi connectivity index (χ0) is 17.5. The molecule has 2 saturated heterocycles. The van der Waals surface area contributed by atoms with Crippen LogP contribution in [0.2, 0.25) is 0 Å². The van der Waals surface area contributed by atoms with Gasteiger partial charge in [0, 0.05) is 32.9 Å². The minimum atomic E-state index is -0.690. The van der Waals surface area contributed by atoms with E-state index in [9.17, 15) is 4.79 Å². The summed E-state index contributed by atoms with van der Waals surface area (Å²) in [5.74, 6) is 1.02. The summed E-state index contributed by atoms with van der Waals surface area (Å²) >= 11 is 0. The van der Waals surface area contributed by atoms with Gasteiger partial charge in [0.25, 0.3) is 5.91 Å². The van der Waals surface area contributed by atoms with Crippen LogP contribution in [0.5, 0.6) is 0 Å². The molecular weight excluding hydrogens is 387 g/mol. The van der Waals surface area contributed by atoms with Crippen molar-refractivity contribution in [1.29, 1.82) is 0 Å². The first kappa shape index (κ1) is 24.0. The number of ether oxygens (including phenoxy) is 1. The maximum atomic E-state index is 12.6. The van der Waals surface area contributed by atoms with Crippen molar-refractivity contribution in [2.45, 2.75) is 50.7 Å². The third-order valence-electron chi connectivity index (χ3n) is 5.41. The molecule has 6 nitrogen and oxygen atoms in total. The second-order valence-corrected chi connectivity index (χ2v) is 7.06. The molecule has 0 unspecified atom stereocenters. The van der Waals surface area contributed by atoms with Crippen LogP contribution < -0.4 is 15.5 Å². The van der Waals surface area contributed by atoms with Crippen LogP contribution in [0.4, 0.5) is 5.82 Å². The van der Waals surface area contributed by atoms with Gasteiger partial charge in [-0.3, -0.25) is 4.79 Å². The molecule has 1 aromatic heterocycles. The summed E-state index contributed by atoms with van der Waals surface area (Å²) in [6.45, 7) is 4.30. The van der Waals surface area contributed by atoms with Gasteiger partial charge in [-0.05, 0) is 50.4 Å². The van der Waals surface area contributed by atoms with E-state index in [1.165, 1.54) is 25.7 Å². The molecule has 0 spiro atoms. The Morgan fingerprint density at radius 3 is 2.41 bits per heavy atom. The van der Waals surface area contributed by atoms with Gasteiger partial charge in [-0.2, -0.15) is 0 Å². The van der Waals surface area contributed by atoms with E-state index >= 15 is 0 Å². The average Bonchev–Trinajstić information content (AvgIpc) is 2.96. The van der Waals surface area contributed by atoms with E-state index in [2.05, 4.69) is 32.7 Å². The van der Waals surface area contributed by atoms with Crippen molar-refractivity contribution in [2.75, 3.05) is 38.2 Å². The average molecular weight is 419 g/mol. The number of amides is 1. The lowest BCUT2D eigenvalue weighted by Crippen LogP contribution is -2.53. The summed E-state index contributed by atoms with van der Waals surface area (Å²) in [6, 6.07) is 4.14. The molecule has 8 heteroatoms. The highest BCUT2D eigenvalue weighted by Gasteiger charge is 2.39. The van der Waals surface area contributed by atoms with Gasteiger partial charge < -0.3 is 20.3 Å². The number of carbonyl (C=O) groups is 1. The Hall–Kier alpha value is -1.08. The van der Waals surface area contributed by atoms with Crippen LogP contribution in [0.1, 0.15) is 44.1 Å². The van der Waals surface area contributed by atoms with Gasteiger partial charge in [-0.15, -0.1) is 24.8 Å². The molecule has 0 bridgehead atoms. The van der Waals surface area contributed by atoms with Crippen LogP contribution in [-0.4, -0.2) is 49.8 Å². The maximum Gasteiger partial charge on any atom is 0.252 e. The third kappa shape index (κ3) is 6.21. The minimum absolute atomic E-state index is 0. The molecule has 2 N–H and O–H groups in total. The van der Waals surface area contributed by atoms with Crippen molar-refractivity contribution in [3.8, 4) is 0 Å². The first-order chi connectivity index (χ1) is 12.2. The van der Waals surface area contributed by atoms with E-state index in [1.807, 2.05) is 6.20 Å². The van der Waals surface area contributed by atoms with Crippen molar-refractivity contribution in [3.05, 3.63) is 23.9 Å². The number of nitrogens with zero attached hydrogens (tertiary/aromatic N) is 2. The van der Waals surface area contributed by atoms with Crippen molar-refractivity contribution < 1.29 is 9.53 Å². The summed E-state index contributed by atoms with van der Waals surface area (Å²) in [4.78, 5) is 19.6. The van der Waals surface area contributed by atoms with Gasteiger partial charge in [0.1, 0.15) is 11.4 Å². The molecule has 0 radical (unpaired) electrons. The third-order valence-corrected chi connectivity index (χ3v) is 5.41. The standard InChI is InChI=1S/C19H30N4O2.2ClH/c1-25-19(8-10-20-11-9-19)18(24)22-15-16-6-7-17(21-14-16)23-12-4-2-3-5-13-23;;/h6-7,14,20H,2-5,8-13,15H2,1H3,(H,22,24);2*1H. The van der Waals surface area contributed by atoms with E-state index in [0.29, 0.717) is 19.4 Å². The molecule has 0 atom stereocenters. The molecule has 27 heavy (non-hydrogen) atoms. The van der Waals surface area contributed by atoms with Crippen molar-refractivity contribution in [3.63, 3.8) is 0 Å².